The maximum Gasteiger partial charge on any atom is 0.332 e. The number of hydrogen-bond donors (Lipinski definition) is 1. The lowest BCUT2D eigenvalue weighted by Crippen LogP contribution is -2.08. The van der Waals surface area contributed by atoms with Crippen molar-refractivity contribution in [2.45, 2.75) is 43.8 Å². The van der Waals surface area contributed by atoms with Gasteiger partial charge in [0.15, 0.2) is 0 Å². The molecular formula is C19H18ClNO2S. The third kappa shape index (κ3) is 3.53. The minimum atomic E-state index is -0.952. The maximum atomic E-state index is 11.7. The first-order chi connectivity index (χ1) is 11.6. The Balaban J connectivity index is 1.96. The van der Waals surface area contributed by atoms with Gasteiger partial charge in [-0.15, -0.1) is 11.8 Å². The Morgan fingerprint density at radius 1 is 1.21 bits per heavy atom. The highest BCUT2D eigenvalue weighted by Crippen LogP contribution is 2.46. The zero-order chi connectivity index (χ0) is 17.1. The van der Waals surface area contributed by atoms with Gasteiger partial charge >= 0.3 is 5.97 Å². The second-order valence-electron chi connectivity index (χ2n) is 6.13. The highest BCUT2D eigenvalue weighted by atomic mass is 35.5. The van der Waals surface area contributed by atoms with E-state index in [1.807, 2.05) is 0 Å². The smallest absolute Gasteiger partial charge is 0.332 e. The van der Waals surface area contributed by atoms with Gasteiger partial charge < -0.3 is 5.11 Å². The van der Waals surface area contributed by atoms with Crippen LogP contribution < -0.4 is 0 Å². The topological polar surface area (TPSA) is 61.1 Å². The van der Waals surface area contributed by atoms with Crippen molar-refractivity contribution < 1.29 is 9.90 Å². The number of halogens is 1. The molecule has 0 saturated heterocycles. The molecule has 3 nitrogen and oxygen atoms in total. The predicted octanol–water partition coefficient (Wildman–Crippen LogP) is 5.43. The first-order valence-corrected chi connectivity index (χ1v) is 9.38. The molecule has 2 aliphatic carbocycles. The Morgan fingerprint density at radius 3 is 2.46 bits per heavy atom. The molecule has 1 fully saturated rings. The van der Waals surface area contributed by atoms with Gasteiger partial charge in [-0.2, -0.15) is 5.26 Å². The van der Waals surface area contributed by atoms with Gasteiger partial charge in [0, 0.05) is 27.2 Å². The van der Waals surface area contributed by atoms with Crippen LogP contribution in [0, 0.1) is 11.3 Å². The number of carbonyl (C=O) groups is 1. The molecule has 1 aromatic rings. The molecule has 0 atom stereocenters. The number of carboxylic acid groups (broad SMARTS) is 1. The van der Waals surface area contributed by atoms with Crippen molar-refractivity contribution in [2.24, 2.45) is 0 Å². The van der Waals surface area contributed by atoms with Crippen LogP contribution in [-0.4, -0.2) is 16.3 Å². The summed E-state index contributed by atoms with van der Waals surface area (Å²) < 4.78 is 0. The molecular weight excluding hydrogens is 342 g/mol. The van der Waals surface area contributed by atoms with Crippen LogP contribution in [0.25, 0.3) is 5.57 Å². The lowest BCUT2D eigenvalue weighted by Gasteiger charge is -2.21. The normalized spacial score (nSPS) is 18.8. The Hall–Kier alpha value is -1.70. The fourth-order valence-corrected chi connectivity index (χ4v) is 4.94. The number of aliphatic carboxylic acids is 1. The second-order valence-corrected chi connectivity index (χ2v) is 7.96. The molecule has 0 spiro atoms. The molecule has 0 heterocycles. The molecule has 0 aliphatic heterocycles. The molecule has 124 valence electrons. The van der Waals surface area contributed by atoms with Gasteiger partial charge in [-0.25, -0.2) is 4.79 Å². The highest BCUT2D eigenvalue weighted by Gasteiger charge is 2.31. The van der Waals surface area contributed by atoms with Gasteiger partial charge in [-0.3, -0.25) is 0 Å². The highest BCUT2D eigenvalue weighted by molar-refractivity contribution is 8.03. The van der Waals surface area contributed by atoms with Crippen molar-refractivity contribution in [3.05, 3.63) is 50.9 Å². The largest absolute Gasteiger partial charge is 0.478 e. The van der Waals surface area contributed by atoms with Crippen LogP contribution in [0.5, 0.6) is 0 Å². The molecule has 0 bridgehead atoms. The van der Waals surface area contributed by atoms with Crippen molar-refractivity contribution in [2.75, 3.05) is 0 Å². The molecule has 0 unspecified atom stereocenters. The van der Waals surface area contributed by atoms with E-state index in [1.165, 1.54) is 19.3 Å². The lowest BCUT2D eigenvalue weighted by molar-refractivity contribution is -0.132. The number of thioether (sulfide) groups is 1. The third-order valence-electron chi connectivity index (χ3n) is 4.53. The molecule has 0 radical (unpaired) electrons. The summed E-state index contributed by atoms with van der Waals surface area (Å²) in [5.74, 6) is -0.952. The van der Waals surface area contributed by atoms with Crippen LogP contribution in [0.1, 0.15) is 44.1 Å². The van der Waals surface area contributed by atoms with Crippen molar-refractivity contribution in [3.8, 4) is 6.07 Å². The van der Waals surface area contributed by atoms with E-state index in [0.29, 0.717) is 33.4 Å². The maximum absolute atomic E-state index is 11.7. The number of nitriles is 1. The van der Waals surface area contributed by atoms with Crippen molar-refractivity contribution in [1.29, 1.82) is 5.26 Å². The van der Waals surface area contributed by atoms with Crippen molar-refractivity contribution >= 4 is 34.9 Å². The summed E-state index contributed by atoms with van der Waals surface area (Å²) in [5.41, 5.74) is 2.13. The zero-order valence-corrected chi connectivity index (χ0v) is 14.8. The second kappa shape index (κ2) is 7.46. The number of nitrogens with zero attached hydrogens (tertiary/aromatic N) is 1. The number of carboxylic acids is 1. The SMILES string of the molecule is N#CC1=C(SC2CCCCC2)CC(C(=O)O)=C1c1ccc(Cl)cc1. The van der Waals surface area contributed by atoms with Gasteiger partial charge in [-0.1, -0.05) is 43.0 Å². The number of hydrogen-bond acceptors (Lipinski definition) is 3. The average molecular weight is 360 g/mol. The Bertz CT molecular complexity index is 753. The summed E-state index contributed by atoms with van der Waals surface area (Å²) in [5, 5.41) is 20.4. The van der Waals surface area contributed by atoms with Gasteiger partial charge in [0.05, 0.1) is 11.1 Å². The van der Waals surface area contributed by atoms with E-state index >= 15 is 0 Å². The monoisotopic (exact) mass is 359 g/mol. The van der Waals surface area contributed by atoms with E-state index in [-0.39, 0.29) is 0 Å². The molecule has 2 aliphatic rings. The minimum absolute atomic E-state index is 0.312. The van der Waals surface area contributed by atoms with Crippen LogP contribution in [0.3, 0.4) is 0 Å². The van der Waals surface area contributed by atoms with E-state index in [2.05, 4.69) is 6.07 Å². The fraction of sp³-hybridized carbons (Fsp3) is 0.368. The number of benzene rings is 1. The molecule has 1 saturated carbocycles. The van der Waals surface area contributed by atoms with Crippen LogP contribution >= 0.6 is 23.4 Å². The van der Waals surface area contributed by atoms with Gasteiger partial charge in [0.2, 0.25) is 0 Å². The van der Waals surface area contributed by atoms with E-state index in [4.69, 9.17) is 11.6 Å². The Labute approximate surface area is 151 Å². The predicted molar refractivity (Wildman–Crippen MR) is 97.7 cm³/mol. The molecule has 5 heteroatoms. The van der Waals surface area contributed by atoms with Crippen molar-refractivity contribution in [3.63, 3.8) is 0 Å². The summed E-state index contributed by atoms with van der Waals surface area (Å²) >= 11 is 7.64. The first-order valence-electron chi connectivity index (χ1n) is 8.13. The quantitative estimate of drug-likeness (QED) is 0.779. The van der Waals surface area contributed by atoms with E-state index in [9.17, 15) is 15.2 Å². The first kappa shape index (κ1) is 17.1. The minimum Gasteiger partial charge on any atom is -0.478 e. The Morgan fingerprint density at radius 2 is 1.88 bits per heavy atom. The summed E-state index contributed by atoms with van der Waals surface area (Å²) in [7, 11) is 0. The summed E-state index contributed by atoms with van der Waals surface area (Å²) in [6.45, 7) is 0. The molecule has 0 aromatic heterocycles. The average Bonchev–Trinajstić information content (AvgIpc) is 2.95. The third-order valence-corrected chi connectivity index (χ3v) is 6.22. The van der Waals surface area contributed by atoms with E-state index in [1.54, 1.807) is 36.0 Å². The standard InChI is InChI=1S/C19H18ClNO2S/c20-13-8-6-12(7-9-13)18-15(19(22)23)10-17(16(18)11-21)24-14-4-2-1-3-5-14/h6-9,14H,1-5,10H2,(H,22,23). The van der Waals surface area contributed by atoms with Crippen LogP contribution in [0.2, 0.25) is 5.02 Å². The number of allylic oxidation sites excluding steroid dienone is 3. The molecule has 1 aromatic carbocycles. The zero-order valence-electron chi connectivity index (χ0n) is 13.2. The lowest BCUT2D eigenvalue weighted by atomic mass is 9.98. The van der Waals surface area contributed by atoms with Crippen LogP contribution in [0.15, 0.2) is 40.3 Å². The van der Waals surface area contributed by atoms with E-state index < -0.39 is 5.97 Å². The Kier molecular flexibility index (Phi) is 5.33. The molecule has 0 amide bonds. The fourth-order valence-electron chi connectivity index (χ4n) is 3.35. The summed E-state index contributed by atoms with van der Waals surface area (Å²) in [6, 6.07) is 9.28. The van der Waals surface area contributed by atoms with Crippen molar-refractivity contribution in [1.82, 2.24) is 0 Å². The molecule has 24 heavy (non-hydrogen) atoms. The van der Waals surface area contributed by atoms with Crippen LogP contribution in [-0.2, 0) is 4.79 Å². The summed E-state index contributed by atoms with van der Waals surface area (Å²) in [6.07, 6.45) is 6.34. The molecule has 1 N–H and O–H groups in total. The van der Waals surface area contributed by atoms with Gasteiger partial charge in [0.25, 0.3) is 0 Å². The molecule has 3 rings (SSSR count). The van der Waals surface area contributed by atoms with E-state index in [0.717, 1.165) is 23.3 Å². The van der Waals surface area contributed by atoms with Gasteiger partial charge in [0.1, 0.15) is 6.07 Å². The summed E-state index contributed by atoms with van der Waals surface area (Å²) in [4.78, 5) is 12.6. The van der Waals surface area contributed by atoms with Gasteiger partial charge in [-0.05, 0) is 30.5 Å². The van der Waals surface area contributed by atoms with Crippen LogP contribution in [0.4, 0.5) is 0 Å². The number of rotatable bonds is 4.